The van der Waals surface area contributed by atoms with Gasteiger partial charge in [-0.3, -0.25) is 35.8 Å². The third-order valence-electron chi connectivity index (χ3n) is 11.4. The third-order valence-corrected chi connectivity index (χ3v) is 12.0. The molecule has 2 atom stereocenters. The Kier molecular flexibility index (Phi) is 19.7. The van der Waals surface area contributed by atoms with E-state index in [0.717, 1.165) is 27.8 Å². The lowest BCUT2D eigenvalue weighted by molar-refractivity contribution is 0.0628. The lowest BCUT2D eigenvalue weighted by Crippen LogP contribution is -2.47. The zero-order valence-electron chi connectivity index (χ0n) is 40.7. The predicted octanol–water partition coefficient (Wildman–Crippen LogP) is 10.3. The van der Waals surface area contributed by atoms with Crippen molar-refractivity contribution >= 4 is 46.8 Å². The van der Waals surface area contributed by atoms with Crippen LogP contribution in [0.4, 0.5) is 0 Å². The van der Waals surface area contributed by atoms with E-state index in [4.69, 9.17) is 38.4 Å². The van der Waals surface area contributed by atoms with Crippen LogP contribution in [0.25, 0.3) is 22.3 Å². The molecule has 0 radical (unpaired) electrons. The number of nitrogens with one attached hydrogen (secondary N) is 2. The Balaban J connectivity index is 0.000000237. The lowest BCUT2D eigenvalue weighted by Gasteiger charge is -2.24. The molecule has 0 aliphatic carbocycles. The number of ether oxygens (including phenoxy) is 2. The molecule has 0 spiro atoms. The first-order chi connectivity index (χ1) is 34.8. The normalized spacial score (nSPS) is 12.5. The molecule has 7 aromatic rings. The number of imide groups is 1. The van der Waals surface area contributed by atoms with E-state index in [-0.39, 0.29) is 48.4 Å². The summed E-state index contributed by atoms with van der Waals surface area (Å²) in [7, 11) is 0. The minimum Gasteiger partial charge on any atom is -0.489 e. The highest BCUT2D eigenvalue weighted by atomic mass is 35.5. The van der Waals surface area contributed by atoms with E-state index in [1.54, 1.807) is 60.7 Å². The Bertz CT molecular complexity index is 2880. The summed E-state index contributed by atoms with van der Waals surface area (Å²) in [6, 6.07) is 52.6. The Labute approximate surface area is 431 Å². The molecule has 0 unspecified atom stereocenters. The van der Waals surface area contributed by atoms with E-state index < -0.39 is 6.04 Å². The van der Waals surface area contributed by atoms with Gasteiger partial charge in [0.15, 0.2) is 0 Å². The molecule has 0 fully saturated rings. The van der Waals surface area contributed by atoms with E-state index in [2.05, 4.69) is 58.7 Å². The van der Waals surface area contributed by atoms with Gasteiger partial charge in [-0.05, 0) is 122 Å². The zero-order chi connectivity index (χ0) is 51.7. The summed E-state index contributed by atoms with van der Waals surface area (Å²) >= 11 is 12.6. The molecule has 14 heteroatoms. The summed E-state index contributed by atoms with van der Waals surface area (Å²) in [5.41, 5.74) is 14.1. The van der Waals surface area contributed by atoms with Crippen LogP contribution in [0.2, 0.25) is 10.0 Å². The van der Waals surface area contributed by atoms with Crippen molar-refractivity contribution < 1.29 is 28.7 Å². The van der Waals surface area contributed by atoms with Crippen molar-refractivity contribution in [2.45, 2.75) is 64.8 Å². The number of nitrogens with two attached hydrogens (primary N) is 3. The fourth-order valence-corrected chi connectivity index (χ4v) is 8.45. The number of hydrogen-bond donors (Lipinski definition) is 5. The standard InChI is InChI=1S/C33H29ClN2O4.C25H27ClN2O2.H4N2/c1-21(2)40-30-17-16-25(19-29(30)34)31(37)35-26(20-36-32(38)27-10-6-7-11-28(27)33(36)39)18-22-12-14-24(15-13-22)23-8-4-3-5-9-23;1-17(2)30-24-13-12-21(15-23(24)26)25(29)28-22(16-27)14-18-8-10-20(11-9-18)19-6-4-3-5-7-19;1-2/h3-17,19,21,26H,18,20H2,1-2H3,(H,35,37);3-13,15,17,22H,14,16,27H2,1-2H3,(H,28,29);1-2H2/t26-;22-;/m00./s1. The molecule has 8 rings (SSSR count). The maximum absolute atomic E-state index is 13.3. The van der Waals surface area contributed by atoms with Gasteiger partial charge in [-0.25, -0.2) is 0 Å². The van der Waals surface area contributed by atoms with Gasteiger partial charge in [0.1, 0.15) is 11.5 Å². The molecule has 372 valence electrons. The molecule has 12 nitrogen and oxygen atoms in total. The van der Waals surface area contributed by atoms with Gasteiger partial charge in [-0.15, -0.1) is 0 Å². The number of fused-ring (bicyclic) bond motifs is 1. The third kappa shape index (κ3) is 14.6. The SMILES string of the molecule is CC(C)Oc1ccc(C(=O)N[C@@H](Cc2ccc(-c3ccccc3)cc2)CN2C(=O)c3ccccc3C2=O)cc1Cl.CC(C)Oc1ccc(C(=O)N[C@H](CN)Cc2ccc(-c3ccccc3)cc2)cc1Cl.NN. The van der Waals surface area contributed by atoms with Gasteiger partial charge in [-0.1, -0.05) is 145 Å². The highest BCUT2D eigenvalue weighted by Gasteiger charge is 2.37. The fraction of sp³-hybridized carbons (Fsp3) is 0.207. The highest BCUT2D eigenvalue weighted by Crippen LogP contribution is 2.29. The van der Waals surface area contributed by atoms with Crippen molar-refractivity contribution in [3.8, 4) is 33.8 Å². The van der Waals surface area contributed by atoms with Gasteiger partial charge >= 0.3 is 0 Å². The average Bonchev–Trinajstić information content (AvgIpc) is 3.63. The van der Waals surface area contributed by atoms with Crippen LogP contribution in [0.1, 0.15) is 80.3 Å². The molecule has 0 saturated heterocycles. The van der Waals surface area contributed by atoms with Gasteiger partial charge < -0.3 is 25.8 Å². The number of carbonyl (C=O) groups excluding carboxylic acids is 4. The summed E-state index contributed by atoms with van der Waals surface area (Å²) in [5, 5.41) is 6.77. The van der Waals surface area contributed by atoms with Crippen LogP contribution in [0.3, 0.4) is 0 Å². The van der Waals surface area contributed by atoms with Gasteiger partial charge in [-0.2, -0.15) is 0 Å². The van der Waals surface area contributed by atoms with E-state index in [0.29, 0.717) is 63.2 Å². The molecule has 7 aromatic carbocycles. The monoisotopic (exact) mass is 1010 g/mol. The smallest absolute Gasteiger partial charge is 0.261 e. The molecular formula is C58H60Cl2N6O6. The number of halogens is 2. The highest BCUT2D eigenvalue weighted by molar-refractivity contribution is 6.32. The van der Waals surface area contributed by atoms with E-state index in [1.807, 2.05) is 100 Å². The molecule has 1 heterocycles. The first kappa shape index (κ1) is 54.0. The maximum Gasteiger partial charge on any atom is 0.261 e. The number of carbonyl (C=O) groups is 4. The van der Waals surface area contributed by atoms with Crippen molar-refractivity contribution in [1.82, 2.24) is 15.5 Å². The molecule has 1 aliphatic heterocycles. The Hall–Kier alpha value is -7.32. The van der Waals surface area contributed by atoms with Crippen molar-refractivity contribution in [2.24, 2.45) is 17.4 Å². The number of amides is 4. The molecule has 1 aliphatic rings. The summed E-state index contributed by atoms with van der Waals surface area (Å²) in [4.78, 5) is 53.4. The van der Waals surface area contributed by atoms with Crippen LogP contribution in [-0.4, -0.2) is 65.9 Å². The van der Waals surface area contributed by atoms with Crippen LogP contribution in [-0.2, 0) is 12.8 Å². The van der Waals surface area contributed by atoms with Crippen LogP contribution >= 0.6 is 23.2 Å². The lowest BCUT2D eigenvalue weighted by atomic mass is 10.00. The Morgan fingerprint density at radius 1 is 0.514 bits per heavy atom. The van der Waals surface area contributed by atoms with E-state index in [1.165, 1.54) is 10.5 Å². The number of benzene rings is 7. The van der Waals surface area contributed by atoms with Crippen LogP contribution in [0.15, 0.2) is 170 Å². The predicted molar refractivity (Wildman–Crippen MR) is 287 cm³/mol. The largest absolute Gasteiger partial charge is 0.489 e. The van der Waals surface area contributed by atoms with Crippen LogP contribution < -0.4 is 37.5 Å². The van der Waals surface area contributed by atoms with Gasteiger partial charge in [0.2, 0.25) is 0 Å². The van der Waals surface area contributed by atoms with Crippen molar-refractivity contribution in [3.05, 3.63) is 213 Å². The van der Waals surface area contributed by atoms with Crippen LogP contribution in [0.5, 0.6) is 11.5 Å². The molecule has 0 bridgehead atoms. The average molecular weight is 1010 g/mol. The summed E-state index contributed by atoms with van der Waals surface area (Å²) in [5.74, 6) is 7.77. The summed E-state index contributed by atoms with van der Waals surface area (Å²) < 4.78 is 11.3. The molecule has 72 heavy (non-hydrogen) atoms. The number of nitrogens with zero attached hydrogens (tertiary/aromatic N) is 1. The minimum absolute atomic E-state index is 0.0112. The first-order valence-electron chi connectivity index (χ1n) is 23.6. The fourth-order valence-electron chi connectivity index (χ4n) is 8.00. The number of rotatable bonds is 17. The van der Waals surface area contributed by atoms with E-state index >= 15 is 0 Å². The zero-order valence-corrected chi connectivity index (χ0v) is 42.2. The first-order valence-corrected chi connectivity index (χ1v) is 24.3. The van der Waals surface area contributed by atoms with Crippen LogP contribution in [0, 0.1) is 0 Å². The van der Waals surface area contributed by atoms with Crippen molar-refractivity contribution in [3.63, 3.8) is 0 Å². The second kappa shape index (κ2) is 26.2. The molecule has 4 amide bonds. The summed E-state index contributed by atoms with van der Waals surface area (Å²) in [6.07, 6.45) is 1.02. The quantitative estimate of drug-likeness (QED) is 0.0336. The number of hydrazine groups is 1. The Morgan fingerprint density at radius 3 is 1.25 bits per heavy atom. The molecule has 0 saturated carbocycles. The van der Waals surface area contributed by atoms with E-state index in [9.17, 15) is 19.2 Å². The maximum atomic E-state index is 13.3. The Morgan fingerprint density at radius 2 is 0.875 bits per heavy atom. The van der Waals surface area contributed by atoms with Crippen molar-refractivity contribution in [1.29, 1.82) is 0 Å². The minimum atomic E-state index is -0.539. The topological polar surface area (TPSA) is 192 Å². The summed E-state index contributed by atoms with van der Waals surface area (Å²) in [6.45, 7) is 8.01. The van der Waals surface area contributed by atoms with Gasteiger partial charge in [0.25, 0.3) is 23.6 Å². The van der Waals surface area contributed by atoms with Crippen molar-refractivity contribution in [2.75, 3.05) is 13.1 Å². The van der Waals surface area contributed by atoms with Gasteiger partial charge in [0.05, 0.1) is 39.4 Å². The molecule has 8 N–H and O–H groups in total. The molecule has 0 aromatic heterocycles. The van der Waals surface area contributed by atoms with Gasteiger partial charge in [0, 0.05) is 30.3 Å². The molecular weight excluding hydrogens is 948 g/mol. The number of hydrogen-bond acceptors (Lipinski definition) is 9. The second-order valence-corrected chi connectivity index (χ2v) is 18.3. The second-order valence-electron chi connectivity index (χ2n) is 17.5.